The zero-order valence-electron chi connectivity index (χ0n) is 15.8. The van der Waals surface area contributed by atoms with Crippen molar-refractivity contribution in [1.82, 2.24) is 14.0 Å². The Kier molecular flexibility index (Phi) is 3.98. The standard InChI is InChI=1S/C22H19F4N3/c1-13-7-10-19-27-20(22(24,25)26)21(28(19)12-13)29-17-6-4-2-3-5-15(17)16-11-14(23)8-9-18(16)29/h2-5,7,10,12,14H,6,8-9,11H2,1H3. The van der Waals surface area contributed by atoms with Gasteiger partial charge >= 0.3 is 6.18 Å². The van der Waals surface area contributed by atoms with Crippen molar-refractivity contribution in [3.63, 3.8) is 0 Å². The van der Waals surface area contributed by atoms with Crippen LogP contribution >= 0.6 is 0 Å². The van der Waals surface area contributed by atoms with Crippen LogP contribution in [0, 0.1) is 6.92 Å². The number of rotatable bonds is 1. The van der Waals surface area contributed by atoms with Crippen molar-refractivity contribution >= 4 is 11.7 Å². The van der Waals surface area contributed by atoms with Gasteiger partial charge in [-0.25, -0.2) is 9.37 Å². The predicted octanol–water partition coefficient (Wildman–Crippen LogP) is 5.40. The van der Waals surface area contributed by atoms with Crippen molar-refractivity contribution in [1.29, 1.82) is 0 Å². The molecule has 0 saturated carbocycles. The van der Waals surface area contributed by atoms with Gasteiger partial charge in [0, 0.05) is 30.4 Å². The number of aryl methyl sites for hydroxylation is 1. The van der Waals surface area contributed by atoms with E-state index in [1.165, 1.54) is 4.40 Å². The average Bonchev–Trinajstić information content (AvgIpc) is 3.05. The van der Waals surface area contributed by atoms with E-state index < -0.39 is 18.0 Å². The number of hydrogen-bond donors (Lipinski definition) is 0. The first kappa shape index (κ1) is 18.2. The molecule has 150 valence electrons. The quantitative estimate of drug-likeness (QED) is 0.500. The smallest absolute Gasteiger partial charge is 0.301 e. The molecule has 0 aromatic carbocycles. The number of allylic oxidation sites excluding steroid dienone is 3. The minimum absolute atomic E-state index is 0.00490. The summed E-state index contributed by atoms with van der Waals surface area (Å²) in [6, 6.07) is 3.34. The van der Waals surface area contributed by atoms with E-state index in [-0.39, 0.29) is 17.9 Å². The Hall–Kier alpha value is -2.83. The molecule has 3 nitrogen and oxygen atoms in total. The predicted molar refractivity (Wildman–Crippen MR) is 103 cm³/mol. The molecule has 3 aromatic rings. The monoisotopic (exact) mass is 401 g/mol. The van der Waals surface area contributed by atoms with E-state index in [9.17, 15) is 17.6 Å². The van der Waals surface area contributed by atoms with Gasteiger partial charge < -0.3 is 4.57 Å². The lowest BCUT2D eigenvalue weighted by Gasteiger charge is -2.20. The highest BCUT2D eigenvalue weighted by atomic mass is 19.4. The van der Waals surface area contributed by atoms with E-state index >= 15 is 0 Å². The Morgan fingerprint density at radius 3 is 2.76 bits per heavy atom. The summed E-state index contributed by atoms with van der Waals surface area (Å²) >= 11 is 0. The zero-order valence-corrected chi connectivity index (χ0v) is 15.8. The van der Waals surface area contributed by atoms with Gasteiger partial charge in [-0.15, -0.1) is 0 Å². The molecule has 29 heavy (non-hydrogen) atoms. The van der Waals surface area contributed by atoms with Crippen molar-refractivity contribution in [2.24, 2.45) is 0 Å². The second kappa shape index (κ2) is 6.34. The molecule has 0 radical (unpaired) electrons. The molecule has 0 aliphatic heterocycles. The van der Waals surface area contributed by atoms with Crippen molar-refractivity contribution in [2.45, 2.75) is 45.0 Å². The molecule has 0 spiro atoms. The summed E-state index contributed by atoms with van der Waals surface area (Å²) in [5.74, 6) is -0.00490. The molecule has 0 bridgehead atoms. The summed E-state index contributed by atoms with van der Waals surface area (Å²) in [5, 5.41) is 0. The van der Waals surface area contributed by atoms with Gasteiger partial charge in [-0.3, -0.25) is 4.40 Å². The fraction of sp³-hybridized carbons (Fsp3) is 0.318. The zero-order chi connectivity index (χ0) is 20.3. The molecule has 2 aliphatic carbocycles. The second-order valence-corrected chi connectivity index (χ2v) is 7.67. The lowest BCUT2D eigenvalue weighted by atomic mass is 9.93. The number of aromatic nitrogens is 3. The lowest BCUT2D eigenvalue weighted by molar-refractivity contribution is -0.140. The summed E-state index contributed by atoms with van der Waals surface area (Å²) in [7, 11) is 0. The second-order valence-electron chi connectivity index (χ2n) is 7.67. The Balaban J connectivity index is 1.90. The molecule has 2 aliphatic rings. The fourth-order valence-electron chi connectivity index (χ4n) is 4.46. The maximum atomic E-state index is 14.2. The van der Waals surface area contributed by atoms with E-state index in [1.54, 1.807) is 22.9 Å². The van der Waals surface area contributed by atoms with E-state index in [0.717, 1.165) is 28.1 Å². The number of pyridine rings is 1. The highest BCUT2D eigenvalue weighted by molar-refractivity contribution is 5.66. The first-order chi connectivity index (χ1) is 13.8. The van der Waals surface area contributed by atoms with Crippen LogP contribution in [0.1, 0.15) is 40.2 Å². The van der Waals surface area contributed by atoms with Crippen LogP contribution in [0.25, 0.3) is 17.5 Å². The summed E-state index contributed by atoms with van der Waals surface area (Å²) in [5.41, 5.74) is 3.33. The van der Waals surface area contributed by atoms with Crippen LogP contribution in [-0.2, 0) is 25.4 Å². The number of nitrogens with zero attached hydrogens (tertiary/aromatic N) is 3. The number of fused-ring (bicyclic) bond motifs is 4. The first-order valence-corrected chi connectivity index (χ1v) is 9.63. The van der Waals surface area contributed by atoms with E-state index in [0.29, 0.717) is 19.3 Å². The topological polar surface area (TPSA) is 22.2 Å². The summed E-state index contributed by atoms with van der Waals surface area (Å²) < 4.78 is 59.4. The molecule has 7 heteroatoms. The van der Waals surface area contributed by atoms with Crippen LogP contribution in [0.3, 0.4) is 0 Å². The molecule has 3 aromatic heterocycles. The normalized spacial score (nSPS) is 18.7. The number of alkyl halides is 4. The summed E-state index contributed by atoms with van der Waals surface area (Å²) in [6.07, 6.45) is 5.05. The Labute approximate surface area is 165 Å². The van der Waals surface area contributed by atoms with Crippen LogP contribution in [0.5, 0.6) is 0 Å². The van der Waals surface area contributed by atoms with Crippen molar-refractivity contribution < 1.29 is 17.6 Å². The third-order valence-electron chi connectivity index (χ3n) is 5.69. The van der Waals surface area contributed by atoms with Crippen molar-refractivity contribution in [2.75, 3.05) is 0 Å². The molecule has 0 fully saturated rings. The highest BCUT2D eigenvalue weighted by Crippen LogP contribution is 2.40. The molecule has 3 heterocycles. The summed E-state index contributed by atoms with van der Waals surface area (Å²) in [6.45, 7) is 1.83. The van der Waals surface area contributed by atoms with Crippen LogP contribution < -0.4 is 0 Å². The minimum Gasteiger partial charge on any atom is -0.301 e. The Morgan fingerprint density at radius 1 is 1.14 bits per heavy atom. The number of imidazole rings is 1. The van der Waals surface area contributed by atoms with Crippen LogP contribution in [0.2, 0.25) is 0 Å². The molecular formula is C22H19F4N3. The van der Waals surface area contributed by atoms with Crippen LogP contribution in [-0.4, -0.2) is 20.1 Å². The van der Waals surface area contributed by atoms with Crippen molar-refractivity contribution in [3.05, 3.63) is 70.3 Å². The summed E-state index contributed by atoms with van der Waals surface area (Å²) in [4.78, 5) is 3.92. The Bertz CT molecular complexity index is 1180. The third-order valence-corrected chi connectivity index (χ3v) is 5.69. The molecule has 0 amide bonds. The number of hydrogen-bond acceptors (Lipinski definition) is 1. The maximum absolute atomic E-state index is 14.2. The fourth-order valence-corrected chi connectivity index (χ4v) is 4.46. The molecular weight excluding hydrogens is 382 g/mol. The molecule has 1 unspecified atom stereocenters. The van der Waals surface area contributed by atoms with Gasteiger partial charge in [-0.05, 0) is 42.5 Å². The van der Waals surface area contributed by atoms with Crippen LogP contribution in [0.4, 0.5) is 17.6 Å². The van der Waals surface area contributed by atoms with Gasteiger partial charge in [-0.2, -0.15) is 13.2 Å². The van der Waals surface area contributed by atoms with Gasteiger partial charge in [-0.1, -0.05) is 30.4 Å². The van der Waals surface area contributed by atoms with Gasteiger partial charge in [0.1, 0.15) is 11.8 Å². The van der Waals surface area contributed by atoms with Crippen molar-refractivity contribution in [3.8, 4) is 5.82 Å². The molecule has 0 N–H and O–H groups in total. The van der Waals surface area contributed by atoms with E-state index in [2.05, 4.69) is 4.98 Å². The van der Waals surface area contributed by atoms with Gasteiger partial charge in [0.15, 0.2) is 11.5 Å². The van der Waals surface area contributed by atoms with Gasteiger partial charge in [0.25, 0.3) is 0 Å². The van der Waals surface area contributed by atoms with Crippen LogP contribution in [0.15, 0.2) is 36.6 Å². The molecule has 1 atom stereocenters. The van der Waals surface area contributed by atoms with E-state index in [4.69, 9.17) is 0 Å². The van der Waals surface area contributed by atoms with Gasteiger partial charge in [0.05, 0.1) is 0 Å². The highest BCUT2D eigenvalue weighted by Gasteiger charge is 2.41. The average molecular weight is 401 g/mol. The Morgan fingerprint density at radius 2 is 1.97 bits per heavy atom. The molecule has 5 rings (SSSR count). The SMILES string of the molecule is Cc1ccc2nc(C(F)(F)F)c(-n3c4c(c5c3CCC(F)C5)C=CC=CC4)n2c1. The largest absolute Gasteiger partial charge is 0.437 e. The van der Waals surface area contributed by atoms with Gasteiger partial charge in [0.2, 0.25) is 0 Å². The molecule has 0 saturated heterocycles. The lowest BCUT2D eigenvalue weighted by Crippen LogP contribution is -2.19. The third kappa shape index (κ3) is 2.82. The first-order valence-electron chi connectivity index (χ1n) is 9.63. The van der Waals surface area contributed by atoms with E-state index in [1.807, 2.05) is 31.2 Å². The number of halogens is 4. The minimum atomic E-state index is -4.60. The maximum Gasteiger partial charge on any atom is 0.437 e.